The molecule has 1 aromatic rings. The van der Waals surface area contributed by atoms with Crippen molar-refractivity contribution in [2.24, 2.45) is 0 Å². The number of amides is 2. The van der Waals surface area contributed by atoms with E-state index in [-0.39, 0.29) is 9.44 Å². The van der Waals surface area contributed by atoms with E-state index in [1.54, 1.807) is 0 Å². The van der Waals surface area contributed by atoms with Crippen LogP contribution in [-0.2, 0) is 0 Å². The lowest BCUT2D eigenvalue weighted by Gasteiger charge is -2.09. The van der Waals surface area contributed by atoms with E-state index in [4.69, 9.17) is 28.5 Å². The van der Waals surface area contributed by atoms with E-state index in [0.717, 1.165) is 6.07 Å². The zero-order chi connectivity index (χ0) is 11.6. The van der Waals surface area contributed by atoms with Crippen molar-refractivity contribution < 1.29 is 19.1 Å². The molecule has 0 unspecified atom stereocenters. The van der Waals surface area contributed by atoms with E-state index >= 15 is 0 Å². The number of nitrogens with zero attached hydrogens (tertiary/aromatic N) is 1. The molecule has 15 heavy (non-hydrogen) atoms. The van der Waals surface area contributed by atoms with Gasteiger partial charge in [0.15, 0.2) is 0 Å². The maximum absolute atomic E-state index is 13.1. The molecule has 1 aromatic carbocycles. The van der Waals surface area contributed by atoms with Gasteiger partial charge in [-0.05, 0) is 12.1 Å². The first kappa shape index (κ1) is 11.7. The van der Waals surface area contributed by atoms with E-state index < -0.39 is 23.4 Å². The monoisotopic (exact) mass is 251 g/mol. The minimum Gasteiger partial charge on any atom is -0.464 e. The number of hydrogen-bond acceptors (Lipinski definition) is 2. The third-order valence-electron chi connectivity index (χ3n) is 1.52. The Kier molecular flexibility index (Phi) is 3.49. The molecular formula is C8H4Cl2FNO3. The first-order valence-corrected chi connectivity index (χ1v) is 4.34. The number of imide groups is 1. The zero-order valence-electron chi connectivity index (χ0n) is 7.08. The number of carbonyl (C=O) groups excluding carboxylic acids is 1. The van der Waals surface area contributed by atoms with Gasteiger partial charge in [0.05, 0.1) is 10.6 Å². The molecule has 0 aliphatic rings. The molecule has 0 saturated carbocycles. The van der Waals surface area contributed by atoms with Gasteiger partial charge in [-0.3, -0.25) is 4.79 Å². The molecule has 1 rings (SSSR count). The molecule has 0 aliphatic heterocycles. The van der Waals surface area contributed by atoms with Crippen LogP contribution in [0.15, 0.2) is 18.2 Å². The Bertz CT molecular complexity index is 404. The summed E-state index contributed by atoms with van der Waals surface area (Å²) in [6, 6.07) is 3.52. The number of carboxylic acid groups (broad SMARTS) is 1. The highest BCUT2D eigenvalue weighted by Crippen LogP contribution is 2.21. The van der Waals surface area contributed by atoms with Crippen LogP contribution in [0.25, 0.3) is 0 Å². The number of rotatable bonds is 1. The second-order valence-electron chi connectivity index (χ2n) is 2.47. The summed E-state index contributed by atoms with van der Waals surface area (Å²) < 4.78 is 13.0. The van der Waals surface area contributed by atoms with E-state index in [2.05, 4.69) is 0 Å². The Morgan fingerprint density at radius 1 is 1.40 bits per heavy atom. The average molecular weight is 252 g/mol. The van der Waals surface area contributed by atoms with Crippen molar-refractivity contribution in [1.82, 2.24) is 4.42 Å². The highest BCUT2D eigenvalue weighted by atomic mass is 35.5. The predicted molar refractivity (Wildman–Crippen MR) is 51.5 cm³/mol. The molecule has 0 radical (unpaired) electrons. The summed E-state index contributed by atoms with van der Waals surface area (Å²) >= 11 is 10.6. The highest BCUT2D eigenvalue weighted by molar-refractivity contribution is 6.37. The molecular weight excluding hydrogens is 248 g/mol. The SMILES string of the molecule is O=C(O)N(Cl)C(=O)c1c(F)cccc1Cl. The molecule has 0 saturated heterocycles. The van der Waals surface area contributed by atoms with Crippen molar-refractivity contribution >= 4 is 35.4 Å². The molecule has 0 heterocycles. The minimum absolute atomic E-state index is 0.162. The van der Waals surface area contributed by atoms with E-state index in [9.17, 15) is 14.0 Å². The summed E-state index contributed by atoms with van der Waals surface area (Å²) in [5.41, 5.74) is -0.573. The fraction of sp³-hybridized carbons (Fsp3) is 0. The first-order valence-electron chi connectivity index (χ1n) is 3.62. The lowest BCUT2D eigenvalue weighted by atomic mass is 10.2. The van der Waals surface area contributed by atoms with Crippen molar-refractivity contribution in [3.05, 3.63) is 34.6 Å². The minimum atomic E-state index is -1.71. The fourth-order valence-electron chi connectivity index (χ4n) is 0.887. The van der Waals surface area contributed by atoms with Crippen LogP contribution in [0.5, 0.6) is 0 Å². The lowest BCUT2D eigenvalue weighted by molar-refractivity contribution is 0.0849. The van der Waals surface area contributed by atoms with Crippen molar-refractivity contribution in [2.45, 2.75) is 0 Å². The Balaban J connectivity index is 3.17. The van der Waals surface area contributed by atoms with E-state index in [0.29, 0.717) is 0 Å². The summed E-state index contributed by atoms with van der Waals surface area (Å²) in [5, 5.41) is 8.20. The third kappa shape index (κ3) is 2.37. The molecule has 7 heteroatoms. The second-order valence-corrected chi connectivity index (χ2v) is 3.21. The van der Waals surface area contributed by atoms with Gasteiger partial charge in [-0.2, -0.15) is 0 Å². The van der Waals surface area contributed by atoms with Gasteiger partial charge >= 0.3 is 6.09 Å². The fourth-order valence-corrected chi connectivity index (χ4v) is 1.22. The van der Waals surface area contributed by atoms with Crippen LogP contribution < -0.4 is 0 Å². The summed E-state index contributed by atoms with van der Waals surface area (Å²) in [4.78, 5) is 21.7. The topological polar surface area (TPSA) is 57.6 Å². The van der Waals surface area contributed by atoms with Gasteiger partial charge in [0.1, 0.15) is 5.82 Å². The summed E-state index contributed by atoms with van der Waals surface area (Å²) in [5.74, 6) is -2.16. The average Bonchev–Trinajstić information content (AvgIpc) is 2.15. The first-order chi connectivity index (χ1) is 6.95. The van der Waals surface area contributed by atoms with Crippen molar-refractivity contribution in [2.75, 3.05) is 0 Å². The highest BCUT2D eigenvalue weighted by Gasteiger charge is 2.25. The van der Waals surface area contributed by atoms with Crippen LogP contribution in [-0.4, -0.2) is 21.5 Å². The number of carbonyl (C=O) groups is 2. The van der Waals surface area contributed by atoms with E-state index in [1.165, 1.54) is 12.1 Å². The number of halogens is 3. The second kappa shape index (κ2) is 4.46. The van der Waals surface area contributed by atoms with Gasteiger partial charge in [-0.15, -0.1) is 4.42 Å². The molecule has 0 atom stereocenters. The summed E-state index contributed by atoms with van der Waals surface area (Å²) in [6.07, 6.45) is -1.71. The zero-order valence-corrected chi connectivity index (χ0v) is 8.59. The van der Waals surface area contributed by atoms with Gasteiger partial charge in [0.2, 0.25) is 0 Å². The Morgan fingerprint density at radius 3 is 2.47 bits per heavy atom. The van der Waals surface area contributed by atoms with Gasteiger partial charge < -0.3 is 5.11 Å². The number of hydrogen-bond donors (Lipinski definition) is 1. The smallest absolute Gasteiger partial charge is 0.429 e. The van der Waals surface area contributed by atoms with Crippen LogP contribution in [0.2, 0.25) is 5.02 Å². The Morgan fingerprint density at radius 2 is 2.00 bits per heavy atom. The molecule has 2 amide bonds. The van der Waals surface area contributed by atoms with Crippen LogP contribution >= 0.6 is 23.4 Å². The normalized spacial score (nSPS) is 9.80. The molecule has 1 N–H and O–H groups in total. The molecule has 0 aromatic heterocycles. The largest absolute Gasteiger partial charge is 0.464 e. The third-order valence-corrected chi connectivity index (χ3v) is 2.14. The molecule has 80 valence electrons. The standard InChI is InChI=1S/C8H4Cl2FNO3/c9-4-2-1-3-5(11)6(4)7(13)12(10)8(14)15/h1-3H,(H,14,15). The quantitative estimate of drug-likeness (QED) is 0.781. The molecule has 4 nitrogen and oxygen atoms in total. The van der Waals surface area contributed by atoms with Crippen LogP contribution in [0, 0.1) is 5.82 Å². The van der Waals surface area contributed by atoms with Crippen molar-refractivity contribution in [3.8, 4) is 0 Å². The molecule has 0 bridgehead atoms. The predicted octanol–water partition coefficient (Wildman–Crippen LogP) is 2.75. The summed E-state index contributed by atoms with van der Waals surface area (Å²) in [6.45, 7) is 0. The van der Waals surface area contributed by atoms with Gasteiger partial charge in [-0.1, -0.05) is 17.7 Å². The molecule has 0 aliphatic carbocycles. The number of benzene rings is 1. The van der Waals surface area contributed by atoms with Gasteiger partial charge in [-0.25, -0.2) is 9.18 Å². The van der Waals surface area contributed by atoms with Gasteiger partial charge in [0, 0.05) is 11.8 Å². The lowest BCUT2D eigenvalue weighted by Crippen LogP contribution is -2.27. The molecule has 0 spiro atoms. The maximum atomic E-state index is 13.1. The Labute approximate surface area is 93.9 Å². The van der Waals surface area contributed by atoms with Crippen LogP contribution in [0.4, 0.5) is 9.18 Å². The molecule has 0 fully saturated rings. The van der Waals surface area contributed by atoms with Crippen LogP contribution in [0.1, 0.15) is 10.4 Å². The van der Waals surface area contributed by atoms with E-state index in [1.807, 2.05) is 0 Å². The Hall–Kier alpha value is -1.33. The van der Waals surface area contributed by atoms with Crippen molar-refractivity contribution in [1.29, 1.82) is 0 Å². The van der Waals surface area contributed by atoms with Crippen LogP contribution in [0.3, 0.4) is 0 Å². The van der Waals surface area contributed by atoms with Gasteiger partial charge in [0.25, 0.3) is 5.91 Å². The maximum Gasteiger partial charge on any atom is 0.429 e. The summed E-state index contributed by atoms with van der Waals surface area (Å²) in [7, 11) is 0. The van der Waals surface area contributed by atoms with Crippen molar-refractivity contribution in [3.63, 3.8) is 0 Å².